The van der Waals surface area contributed by atoms with Gasteiger partial charge in [-0.15, -0.1) is 17.9 Å². The molecule has 21 heavy (non-hydrogen) atoms. The van der Waals surface area contributed by atoms with Crippen molar-refractivity contribution in [3.63, 3.8) is 0 Å². The van der Waals surface area contributed by atoms with Crippen molar-refractivity contribution in [3.05, 3.63) is 54.5 Å². The molecule has 0 N–H and O–H groups in total. The topological polar surface area (TPSA) is 0 Å². The third-order valence-corrected chi connectivity index (χ3v) is 4.05. The average Bonchev–Trinajstić information content (AvgIpc) is 2.97. The average molecular weight is 402 g/mol. The number of hydrogen-bond acceptors (Lipinski definition) is 0. The second-order valence-corrected chi connectivity index (χ2v) is 8.33. The molecule has 0 saturated heterocycles. The van der Waals surface area contributed by atoms with Crippen LogP contribution in [0.25, 0.3) is 0 Å². The normalized spacial score (nSPS) is 31.4. The molecule has 4 unspecified atom stereocenters. The van der Waals surface area contributed by atoms with Gasteiger partial charge < -0.3 is 31.2 Å². The SMILES string of the molecule is CC1C(C2=CC=CC2)[CH-]C2C=CC=CC21.C[C](C)=[Zr+2].[Cl-].[Cl-]. The molecular weight excluding hydrogens is 378 g/mol. The molecule has 3 aliphatic rings. The van der Waals surface area contributed by atoms with E-state index < -0.39 is 0 Å². The van der Waals surface area contributed by atoms with Crippen LogP contribution in [0.15, 0.2) is 48.1 Å². The van der Waals surface area contributed by atoms with Gasteiger partial charge in [-0.05, 0) is 12.3 Å². The Hall–Kier alpha value is 0.293. The number of halogens is 2. The Morgan fingerprint density at radius 1 is 1.14 bits per heavy atom. The minimum atomic E-state index is 0. The fourth-order valence-corrected chi connectivity index (χ4v) is 3.19. The molecule has 114 valence electrons. The Kier molecular flexibility index (Phi) is 10.3. The first-order valence-electron chi connectivity index (χ1n) is 7.17. The summed E-state index contributed by atoms with van der Waals surface area (Å²) in [6.45, 7) is 6.64. The molecule has 3 aliphatic carbocycles. The van der Waals surface area contributed by atoms with Crippen LogP contribution in [0, 0.1) is 30.1 Å². The largest absolute Gasteiger partial charge is 1.00 e. The van der Waals surface area contributed by atoms with Gasteiger partial charge in [0, 0.05) is 0 Å². The Morgan fingerprint density at radius 3 is 2.29 bits per heavy atom. The molecule has 0 spiro atoms. The Morgan fingerprint density at radius 2 is 1.76 bits per heavy atom. The molecule has 3 rings (SSSR count). The standard InChI is InChI=1S/C15H17.C3H6.2ClH.Zr/c1-11-14-9-5-4-8-13(14)10-15(11)12-6-2-3-7-12;1-3-2;;;/h2-6,8-11,13-15H,7H2,1H3;1-2H3;2*1H;/q-1;;;;+2/p-2. The molecule has 0 radical (unpaired) electrons. The molecule has 0 aliphatic heterocycles. The molecule has 0 amide bonds. The van der Waals surface area contributed by atoms with Gasteiger partial charge in [-0.1, -0.05) is 54.9 Å². The summed E-state index contributed by atoms with van der Waals surface area (Å²) in [7, 11) is 0. The Labute approximate surface area is 157 Å². The third kappa shape index (κ3) is 5.77. The van der Waals surface area contributed by atoms with E-state index in [4.69, 9.17) is 0 Å². The van der Waals surface area contributed by atoms with Gasteiger partial charge in [0.2, 0.25) is 0 Å². The van der Waals surface area contributed by atoms with Crippen LogP contribution in [0.5, 0.6) is 0 Å². The quantitative estimate of drug-likeness (QED) is 0.467. The van der Waals surface area contributed by atoms with Gasteiger partial charge in [0.25, 0.3) is 0 Å². The molecule has 0 bridgehead atoms. The van der Waals surface area contributed by atoms with Crippen LogP contribution in [0.4, 0.5) is 0 Å². The maximum absolute atomic E-state index is 2.55. The molecule has 1 fully saturated rings. The molecule has 1 saturated carbocycles. The van der Waals surface area contributed by atoms with Gasteiger partial charge >= 0.3 is 41.3 Å². The molecule has 0 aromatic heterocycles. The van der Waals surface area contributed by atoms with Crippen LogP contribution >= 0.6 is 0 Å². The van der Waals surface area contributed by atoms with Gasteiger partial charge in [0.1, 0.15) is 0 Å². The van der Waals surface area contributed by atoms with Crippen LogP contribution in [-0.2, 0) is 24.2 Å². The van der Waals surface area contributed by atoms with E-state index in [9.17, 15) is 0 Å². The minimum Gasteiger partial charge on any atom is -1.00 e. The van der Waals surface area contributed by atoms with Gasteiger partial charge in [0.05, 0.1) is 0 Å². The van der Waals surface area contributed by atoms with Crippen molar-refractivity contribution in [2.24, 2.45) is 23.7 Å². The van der Waals surface area contributed by atoms with Crippen LogP contribution in [0.3, 0.4) is 0 Å². The maximum atomic E-state index is 2.55. The number of hydrogen-bond donors (Lipinski definition) is 0. The van der Waals surface area contributed by atoms with E-state index in [1.807, 2.05) is 0 Å². The van der Waals surface area contributed by atoms with Gasteiger partial charge in [0.15, 0.2) is 0 Å². The van der Waals surface area contributed by atoms with E-state index in [2.05, 4.69) is 69.7 Å². The van der Waals surface area contributed by atoms with Crippen LogP contribution in [-0.4, -0.2) is 3.21 Å². The van der Waals surface area contributed by atoms with Crippen LogP contribution in [0.1, 0.15) is 27.2 Å². The molecule has 0 heterocycles. The smallest absolute Gasteiger partial charge is 1.00 e. The van der Waals surface area contributed by atoms with E-state index in [-0.39, 0.29) is 24.8 Å². The Balaban J connectivity index is 0.000000602. The van der Waals surface area contributed by atoms with E-state index in [1.165, 1.54) is 9.63 Å². The first kappa shape index (κ1) is 21.3. The van der Waals surface area contributed by atoms with Crippen molar-refractivity contribution in [3.8, 4) is 0 Å². The summed E-state index contributed by atoms with van der Waals surface area (Å²) >= 11 is 1.55. The van der Waals surface area contributed by atoms with Crippen molar-refractivity contribution in [2.45, 2.75) is 27.2 Å². The zero-order valence-corrected chi connectivity index (χ0v) is 16.9. The molecule has 0 nitrogen and oxygen atoms in total. The summed E-state index contributed by atoms with van der Waals surface area (Å²) in [5.74, 6) is 2.88. The first-order chi connectivity index (χ1) is 9.09. The van der Waals surface area contributed by atoms with E-state index in [1.54, 1.807) is 29.8 Å². The van der Waals surface area contributed by atoms with Crippen molar-refractivity contribution in [1.82, 2.24) is 0 Å². The monoisotopic (exact) mass is 399 g/mol. The number of allylic oxidation sites excluding steroid dienone is 8. The van der Waals surface area contributed by atoms with Gasteiger partial charge in [-0.3, -0.25) is 0 Å². The minimum absolute atomic E-state index is 0. The molecule has 0 aromatic rings. The van der Waals surface area contributed by atoms with E-state index in [0.717, 1.165) is 11.8 Å². The van der Waals surface area contributed by atoms with Crippen LogP contribution < -0.4 is 24.8 Å². The van der Waals surface area contributed by atoms with Crippen molar-refractivity contribution in [1.29, 1.82) is 0 Å². The fraction of sp³-hybridized carbons (Fsp3) is 0.444. The maximum Gasteiger partial charge on any atom is -1.00 e. The van der Waals surface area contributed by atoms with Crippen molar-refractivity contribution >= 4 is 3.21 Å². The zero-order valence-electron chi connectivity index (χ0n) is 12.9. The molecule has 0 aromatic carbocycles. The molecular formula is C18H23Cl2Zr-. The second-order valence-electron chi connectivity index (χ2n) is 5.88. The zero-order chi connectivity index (χ0) is 13.8. The van der Waals surface area contributed by atoms with Crippen molar-refractivity contribution in [2.75, 3.05) is 0 Å². The summed E-state index contributed by atoms with van der Waals surface area (Å²) in [6, 6.07) is 0. The predicted octanol–water partition coefficient (Wildman–Crippen LogP) is -1.55. The summed E-state index contributed by atoms with van der Waals surface area (Å²) in [4.78, 5) is 0. The second kappa shape index (κ2) is 10.1. The van der Waals surface area contributed by atoms with Gasteiger partial charge in [-0.2, -0.15) is 0 Å². The van der Waals surface area contributed by atoms with E-state index >= 15 is 0 Å². The number of fused-ring (bicyclic) bond motifs is 1. The molecule has 3 heteroatoms. The predicted molar refractivity (Wildman–Crippen MR) is 80.4 cm³/mol. The Bertz CT molecular complexity index is 456. The van der Waals surface area contributed by atoms with Crippen LogP contribution in [0.2, 0.25) is 0 Å². The van der Waals surface area contributed by atoms with Crippen molar-refractivity contribution < 1.29 is 49.0 Å². The molecule has 4 atom stereocenters. The first-order valence-corrected chi connectivity index (χ1v) is 8.40. The fourth-order valence-electron chi connectivity index (χ4n) is 3.19. The van der Waals surface area contributed by atoms with Gasteiger partial charge in [-0.25, -0.2) is 0 Å². The summed E-state index contributed by atoms with van der Waals surface area (Å²) in [5.41, 5.74) is 1.61. The summed E-state index contributed by atoms with van der Waals surface area (Å²) in [5, 5.41) is 0. The third-order valence-electron chi connectivity index (χ3n) is 4.05. The summed E-state index contributed by atoms with van der Waals surface area (Å²) < 4.78 is 1.51. The van der Waals surface area contributed by atoms with E-state index in [0.29, 0.717) is 11.8 Å². The summed E-state index contributed by atoms with van der Waals surface area (Å²) in [6.07, 6.45) is 19.6. The number of rotatable bonds is 1.